The Bertz CT molecular complexity index is 529. The van der Waals surface area contributed by atoms with Gasteiger partial charge >= 0.3 is 0 Å². The number of imidazole rings is 1. The van der Waals surface area contributed by atoms with E-state index in [0.29, 0.717) is 25.9 Å². The van der Waals surface area contributed by atoms with Gasteiger partial charge in [-0.2, -0.15) is 0 Å². The minimum Gasteiger partial charge on any atom is -0.395 e. The summed E-state index contributed by atoms with van der Waals surface area (Å²) in [6, 6.07) is 0. The summed E-state index contributed by atoms with van der Waals surface area (Å²) < 4.78 is 0. The summed E-state index contributed by atoms with van der Waals surface area (Å²) in [5.74, 6) is 0.892. The fraction of sp³-hybridized carbons (Fsp3) is 0.688. The number of rotatable bonds is 7. The highest BCUT2D eigenvalue weighted by Gasteiger charge is 2.20. The van der Waals surface area contributed by atoms with Crippen LogP contribution >= 0.6 is 0 Å². The number of carbonyl (C=O) groups excluding carboxylic acids is 2. The van der Waals surface area contributed by atoms with E-state index >= 15 is 0 Å². The number of H-pyrrole nitrogens is 1. The summed E-state index contributed by atoms with van der Waals surface area (Å²) in [6.45, 7) is 3.65. The number of nitrogens with one attached hydrogen (secondary N) is 1. The molecule has 0 saturated carbocycles. The molecule has 1 aliphatic heterocycles. The molecule has 1 aromatic rings. The van der Waals surface area contributed by atoms with Crippen LogP contribution in [0.4, 0.5) is 0 Å². The van der Waals surface area contributed by atoms with E-state index in [-0.39, 0.29) is 25.0 Å². The minimum absolute atomic E-state index is 0.0525. The standard InChI is InChI=1S/C16H26N4O3/c1-13-17-11-14(18-13)12-20(9-10-21)16(23)6-8-19-7-4-2-3-5-15(19)22/h11,21H,2-10,12H2,1H3,(H,17,18). The van der Waals surface area contributed by atoms with Crippen molar-refractivity contribution in [3.8, 4) is 0 Å². The van der Waals surface area contributed by atoms with Crippen molar-refractivity contribution in [2.45, 2.75) is 45.6 Å². The van der Waals surface area contributed by atoms with E-state index in [2.05, 4.69) is 9.97 Å². The van der Waals surface area contributed by atoms with Gasteiger partial charge in [0.05, 0.1) is 25.0 Å². The number of aliphatic hydroxyl groups is 1. The molecule has 128 valence electrons. The molecule has 2 N–H and O–H groups in total. The van der Waals surface area contributed by atoms with Crippen LogP contribution in [0, 0.1) is 6.92 Å². The van der Waals surface area contributed by atoms with Gasteiger partial charge in [0.25, 0.3) is 0 Å². The van der Waals surface area contributed by atoms with Crippen molar-refractivity contribution < 1.29 is 14.7 Å². The third-order valence-corrected chi connectivity index (χ3v) is 4.11. The number of hydrogen-bond acceptors (Lipinski definition) is 4. The highest BCUT2D eigenvalue weighted by Crippen LogP contribution is 2.12. The van der Waals surface area contributed by atoms with Crippen LogP contribution in [0.3, 0.4) is 0 Å². The molecular formula is C16H26N4O3. The highest BCUT2D eigenvalue weighted by molar-refractivity contribution is 5.79. The van der Waals surface area contributed by atoms with Gasteiger partial charge in [-0.15, -0.1) is 0 Å². The van der Waals surface area contributed by atoms with E-state index in [0.717, 1.165) is 37.3 Å². The van der Waals surface area contributed by atoms with E-state index in [1.54, 1.807) is 16.0 Å². The Morgan fingerprint density at radius 3 is 2.96 bits per heavy atom. The molecule has 7 nitrogen and oxygen atoms in total. The number of aromatic nitrogens is 2. The molecule has 7 heteroatoms. The molecule has 2 heterocycles. The number of aromatic amines is 1. The molecule has 0 aliphatic carbocycles. The van der Waals surface area contributed by atoms with Gasteiger partial charge < -0.3 is 19.9 Å². The Balaban J connectivity index is 1.88. The first kappa shape index (κ1) is 17.5. The van der Waals surface area contributed by atoms with Crippen molar-refractivity contribution in [2.75, 3.05) is 26.2 Å². The summed E-state index contributed by atoms with van der Waals surface area (Å²) in [5, 5.41) is 9.18. The fourth-order valence-electron chi connectivity index (χ4n) is 2.83. The van der Waals surface area contributed by atoms with E-state index in [9.17, 15) is 14.7 Å². The van der Waals surface area contributed by atoms with Crippen molar-refractivity contribution >= 4 is 11.8 Å². The van der Waals surface area contributed by atoms with Gasteiger partial charge in [0, 0.05) is 32.5 Å². The molecule has 23 heavy (non-hydrogen) atoms. The zero-order valence-electron chi connectivity index (χ0n) is 13.8. The van der Waals surface area contributed by atoms with Gasteiger partial charge in [0.15, 0.2) is 0 Å². The van der Waals surface area contributed by atoms with Crippen molar-refractivity contribution in [1.82, 2.24) is 19.8 Å². The average molecular weight is 322 g/mol. The van der Waals surface area contributed by atoms with Gasteiger partial charge in [0.1, 0.15) is 5.82 Å². The second kappa shape index (κ2) is 8.67. The van der Waals surface area contributed by atoms with Crippen molar-refractivity contribution in [3.63, 3.8) is 0 Å². The van der Waals surface area contributed by atoms with Crippen molar-refractivity contribution in [3.05, 3.63) is 17.7 Å². The van der Waals surface area contributed by atoms with E-state index < -0.39 is 0 Å². The second-order valence-corrected chi connectivity index (χ2v) is 5.97. The van der Waals surface area contributed by atoms with Gasteiger partial charge in [0.2, 0.25) is 11.8 Å². The quantitative estimate of drug-likeness (QED) is 0.778. The average Bonchev–Trinajstić information content (AvgIpc) is 2.82. The lowest BCUT2D eigenvalue weighted by Gasteiger charge is -2.24. The summed E-state index contributed by atoms with van der Waals surface area (Å²) in [5.41, 5.74) is 0.843. The first-order valence-electron chi connectivity index (χ1n) is 8.27. The molecule has 0 radical (unpaired) electrons. The van der Waals surface area contributed by atoms with Crippen molar-refractivity contribution in [2.24, 2.45) is 0 Å². The Kier molecular flexibility index (Phi) is 6.58. The molecule has 2 amide bonds. The molecule has 1 aromatic heterocycles. The highest BCUT2D eigenvalue weighted by atomic mass is 16.3. The molecule has 0 bridgehead atoms. The maximum Gasteiger partial charge on any atom is 0.224 e. The number of carbonyl (C=O) groups is 2. The summed E-state index contributed by atoms with van der Waals surface area (Å²) in [4.78, 5) is 35.0. The maximum absolute atomic E-state index is 12.4. The number of likely N-dealkylation sites (tertiary alicyclic amines) is 1. The smallest absolute Gasteiger partial charge is 0.224 e. The molecule has 0 spiro atoms. The van der Waals surface area contributed by atoms with E-state index in [1.807, 2.05) is 6.92 Å². The molecule has 2 rings (SSSR count). The minimum atomic E-state index is -0.0818. The Labute approximate surface area is 136 Å². The molecule has 1 aliphatic rings. The first-order chi connectivity index (χ1) is 11.1. The van der Waals surface area contributed by atoms with Gasteiger partial charge in [-0.1, -0.05) is 6.42 Å². The van der Waals surface area contributed by atoms with Crippen LogP contribution < -0.4 is 0 Å². The summed E-state index contributed by atoms with van der Waals surface area (Å²) in [6.07, 6.45) is 5.60. The van der Waals surface area contributed by atoms with Crippen LogP contribution in [0.5, 0.6) is 0 Å². The normalized spacial score (nSPS) is 15.6. The molecule has 1 saturated heterocycles. The molecular weight excluding hydrogens is 296 g/mol. The van der Waals surface area contributed by atoms with Crippen LogP contribution in [0.1, 0.15) is 43.6 Å². The monoisotopic (exact) mass is 322 g/mol. The number of amides is 2. The fourth-order valence-corrected chi connectivity index (χ4v) is 2.83. The SMILES string of the molecule is Cc1ncc(CN(CCO)C(=O)CCN2CCCCCC2=O)[nH]1. The maximum atomic E-state index is 12.4. The lowest BCUT2D eigenvalue weighted by atomic mass is 10.2. The predicted octanol–water partition coefficient (Wildman–Crippen LogP) is 0.832. The zero-order chi connectivity index (χ0) is 16.7. The van der Waals surface area contributed by atoms with E-state index in [1.165, 1.54) is 0 Å². The lowest BCUT2D eigenvalue weighted by Crippen LogP contribution is -2.38. The van der Waals surface area contributed by atoms with Crippen LogP contribution in [0.15, 0.2) is 6.20 Å². The number of aryl methyl sites for hydroxylation is 1. The van der Waals surface area contributed by atoms with Crippen LogP contribution in [0.2, 0.25) is 0 Å². The van der Waals surface area contributed by atoms with Crippen molar-refractivity contribution in [1.29, 1.82) is 0 Å². The van der Waals surface area contributed by atoms with Crippen LogP contribution in [0.25, 0.3) is 0 Å². The summed E-state index contributed by atoms with van der Waals surface area (Å²) in [7, 11) is 0. The van der Waals surface area contributed by atoms with Crippen LogP contribution in [-0.2, 0) is 16.1 Å². The number of aliphatic hydroxyl groups excluding tert-OH is 1. The second-order valence-electron chi connectivity index (χ2n) is 5.97. The largest absolute Gasteiger partial charge is 0.395 e. The Morgan fingerprint density at radius 2 is 2.26 bits per heavy atom. The number of nitrogens with zero attached hydrogens (tertiary/aromatic N) is 3. The molecule has 0 atom stereocenters. The Hall–Kier alpha value is -1.89. The third-order valence-electron chi connectivity index (χ3n) is 4.11. The van der Waals surface area contributed by atoms with Gasteiger partial charge in [-0.05, 0) is 19.8 Å². The number of hydrogen-bond donors (Lipinski definition) is 2. The van der Waals surface area contributed by atoms with Crippen LogP contribution in [-0.4, -0.2) is 62.9 Å². The van der Waals surface area contributed by atoms with E-state index in [4.69, 9.17) is 0 Å². The lowest BCUT2D eigenvalue weighted by molar-refractivity contribution is -0.135. The predicted molar refractivity (Wildman–Crippen MR) is 85.5 cm³/mol. The zero-order valence-corrected chi connectivity index (χ0v) is 13.8. The molecule has 1 fully saturated rings. The Morgan fingerprint density at radius 1 is 1.43 bits per heavy atom. The van der Waals surface area contributed by atoms with Gasteiger partial charge in [-0.3, -0.25) is 9.59 Å². The first-order valence-corrected chi connectivity index (χ1v) is 8.27. The molecule has 0 aromatic carbocycles. The summed E-state index contributed by atoms with van der Waals surface area (Å²) >= 11 is 0. The topological polar surface area (TPSA) is 89.5 Å². The van der Waals surface area contributed by atoms with Gasteiger partial charge in [-0.25, -0.2) is 4.98 Å². The molecule has 0 unspecified atom stereocenters. The third kappa shape index (κ3) is 5.35.